The van der Waals surface area contributed by atoms with Gasteiger partial charge in [-0.3, -0.25) is 9.78 Å². The van der Waals surface area contributed by atoms with E-state index < -0.39 is 15.9 Å². The van der Waals surface area contributed by atoms with Gasteiger partial charge < -0.3 is 0 Å². The predicted octanol–water partition coefficient (Wildman–Crippen LogP) is 2.47. The maximum absolute atomic E-state index is 12.1. The molecule has 0 unspecified atom stereocenters. The highest BCUT2D eigenvalue weighted by atomic mass is 35.5. The third-order valence-corrected chi connectivity index (χ3v) is 4.63. The zero-order valence-electron chi connectivity index (χ0n) is 11.4. The van der Waals surface area contributed by atoms with Crippen LogP contribution >= 0.6 is 11.6 Å². The van der Waals surface area contributed by atoms with Crippen LogP contribution in [0.3, 0.4) is 0 Å². The Hall–Kier alpha value is -1.92. The van der Waals surface area contributed by atoms with Gasteiger partial charge in [-0.05, 0) is 49.2 Å². The molecule has 7 heteroatoms. The Bertz CT molecular complexity index is 789. The molecular weight excluding hydrogens is 312 g/mol. The lowest BCUT2D eigenvalue weighted by Crippen LogP contribution is -2.31. The van der Waals surface area contributed by atoms with Crippen molar-refractivity contribution < 1.29 is 13.2 Å². The van der Waals surface area contributed by atoms with Gasteiger partial charge in [0.2, 0.25) is 0 Å². The van der Waals surface area contributed by atoms with Crippen LogP contribution in [0.25, 0.3) is 0 Å². The van der Waals surface area contributed by atoms with E-state index in [4.69, 9.17) is 11.6 Å². The first kappa shape index (κ1) is 15.5. The van der Waals surface area contributed by atoms with Gasteiger partial charge in [-0.15, -0.1) is 0 Å². The number of sulfonamides is 1. The number of carbonyl (C=O) groups is 1. The van der Waals surface area contributed by atoms with Gasteiger partial charge in [0, 0.05) is 12.4 Å². The number of hydrogen-bond acceptors (Lipinski definition) is 4. The van der Waals surface area contributed by atoms with Crippen LogP contribution in [-0.4, -0.2) is 19.3 Å². The van der Waals surface area contributed by atoms with Gasteiger partial charge in [0.25, 0.3) is 15.9 Å². The highest BCUT2D eigenvalue weighted by Crippen LogP contribution is 2.21. The molecule has 1 amide bonds. The van der Waals surface area contributed by atoms with Gasteiger partial charge in [0.15, 0.2) is 0 Å². The standard InChI is InChI=1S/C14H13ClN2O3S/c1-9-6-12(13(15)7-10(9)2)14(18)17-21(19,20)11-4-3-5-16-8-11/h3-8H,1-2H3,(H,17,18). The Morgan fingerprint density at radius 1 is 1.24 bits per heavy atom. The molecular formula is C14H13ClN2O3S. The van der Waals surface area contributed by atoms with Crippen LogP contribution in [0.2, 0.25) is 5.02 Å². The summed E-state index contributed by atoms with van der Waals surface area (Å²) in [5.41, 5.74) is 1.89. The number of hydrogen-bond donors (Lipinski definition) is 1. The topological polar surface area (TPSA) is 76.1 Å². The van der Waals surface area contributed by atoms with Gasteiger partial charge in [0.05, 0.1) is 10.6 Å². The number of nitrogens with one attached hydrogen (secondary N) is 1. The maximum atomic E-state index is 12.1. The Kier molecular flexibility index (Phi) is 4.29. The van der Waals surface area contributed by atoms with E-state index in [1.807, 2.05) is 18.6 Å². The van der Waals surface area contributed by atoms with Gasteiger partial charge in [0.1, 0.15) is 4.90 Å². The van der Waals surface area contributed by atoms with Crippen LogP contribution in [-0.2, 0) is 10.0 Å². The first-order chi connectivity index (χ1) is 9.81. The summed E-state index contributed by atoms with van der Waals surface area (Å²) in [6.07, 6.45) is 2.61. The molecule has 2 rings (SSSR count). The Morgan fingerprint density at radius 3 is 2.52 bits per heavy atom. The largest absolute Gasteiger partial charge is 0.268 e. The number of aryl methyl sites for hydroxylation is 2. The fraction of sp³-hybridized carbons (Fsp3) is 0.143. The van der Waals surface area contributed by atoms with Crippen molar-refractivity contribution in [1.29, 1.82) is 0 Å². The van der Waals surface area contributed by atoms with Crippen LogP contribution in [0, 0.1) is 13.8 Å². The molecule has 1 N–H and O–H groups in total. The van der Waals surface area contributed by atoms with Crippen LogP contribution in [0.4, 0.5) is 0 Å². The first-order valence-corrected chi connectivity index (χ1v) is 7.91. The smallest absolute Gasteiger partial charge is 0.266 e. The first-order valence-electron chi connectivity index (χ1n) is 6.05. The van der Waals surface area contributed by atoms with Gasteiger partial charge in [-0.2, -0.15) is 0 Å². The van der Waals surface area contributed by atoms with Crippen LogP contribution in [0.15, 0.2) is 41.6 Å². The average Bonchev–Trinajstić information content (AvgIpc) is 2.43. The lowest BCUT2D eigenvalue weighted by molar-refractivity contribution is 0.0981. The zero-order valence-corrected chi connectivity index (χ0v) is 13.0. The highest BCUT2D eigenvalue weighted by Gasteiger charge is 2.20. The van der Waals surface area contributed by atoms with Crippen molar-refractivity contribution in [2.24, 2.45) is 0 Å². The number of halogens is 1. The van der Waals surface area contributed by atoms with E-state index in [0.29, 0.717) is 0 Å². The summed E-state index contributed by atoms with van der Waals surface area (Å²) in [4.78, 5) is 15.8. The monoisotopic (exact) mass is 324 g/mol. The third kappa shape index (κ3) is 3.40. The third-order valence-electron chi connectivity index (χ3n) is 3.00. The lowest BCUT2D eigenvalue weighted by Gasteiger charge is -2.10. The summed E-state index contributed by atoms with van der Waals surface area (Å²) >= 11 is 6.00. The number of aromatic nitrogens is 1. The van der Waals surface area contributed by atoms with Crippen molar-refractivity contribution >= 4 is 27.5 Å². The number of pyridine rings is 1. The van der Waals surface area contributed by atoms with Gasteiger partial charge in [-0.25, -0.2) is 13.1 Å². The highest BCUT2D eigenvalue weighted by molar-refractivity contribution is 7.90. The quantitative estimate of drug-likeness (QED) is 0.941. The number of nitrogens with zero attached hydrogens (tertiary/aromatic N) is 1. The van der Waals surface area contributed by atoms with Crippen molar-refractivity contribution in [2.45, 2.75) is 18.7 Å². The summed E-state index contributed by atoms with van der Waals surface area (Å²) in [6.45, 7) is 3.67. The molecule has 0 radical (unpaired) electrons. The van der Waals surface area contributed by atoms with Crippen LogP contribution in [0.1, 0.15) is 21.5 Å². The SMILES string of the molecule is Cc1cc(Cl)c(C(=O)NS(=O)(=O)c2cccnc2)cc1C. The normalized spacial score (nSPS) is 11.2. The summed E-state index contributed by atoms with van der Waals surface area (Å²) in [5, 5.41) is 0.206. The molecule has 110 valence electrons. The molecule has 0 aliphatic heterocycles. The van der Waals surface area contributed by atoms with Crippen LogP contribution < -0.4 is 4.72 Å². The minimum absolute atomic E-state index is 0.0849. The van der Waals surface area contributed by atoms with E-state index in [2.05, 4.69) is 4.98 Å². The average molecular weight is 325 g/mol. The predicted molar refractivity (Wildman–Crippen MR) is 79.8 cm³/mol. The molecule has 1 aromatic heterocycles. The Labute approximate surface area is 128 Å². The molecule has 0 aliphatic carbocycles. The second kappa shape index (κ2) is 5.83. The fourth-order valence-electron chi connectivity index (χ4n) is 1.70. The molecule has 0 saturated carbocycles. The van der Waals surface area contributed by atoms with E-state index in [0.717, 1.165) is 17.3 Å². The second-order valence-corrected chi connectivity index (χ2v) is 6.63. The minimum atomic E-state index is -3.97. The summed E-state index contributed by atoms with van der Waals surface area (Å²) in [6, 6.07) is 6.01. The van der Waals surface area contributed by atoms with Crippen molar-refractivity contribution in [3.05, 3.63) is 58.4 Å². The molecule has 0 bridgehead atoms. The molecule has 2 aromatic rings. The maximum Gasteiger partial charge on any atom is 0.266 e. The molecule has 0 aliphatic rings. The Morgan fingerprint density at radius 2 is 1.90 bits per heavy atom. The van der Waals surface area contributed by atoms with Crippen molar-refractivity contribution in [1.82, 2.24) is 9.71 Å². The number of carbonyl (C=O) groups excluding carboxylic acids is 1. The van der Waals surface area contributed by atoms with Crippen molar-refractivity contribution in [3.63, 3.8) is 0 Å². The van der Waals surface area contributed by atoms with Crippen molar-refractivity contribution in [3.8, 4) is 0 Å². The molecule has 0 atom stereocenters. The second-order valence-electron chi connectivity index (χ2n) is 4.54. The summed E-state index contributed by atoms with van der Waals surface area (Å²) in [5.74, 6) is -0.771. The molecule has 1 aromatic carbocycles. The Balaban J connectivity index is 2.33. The fourth-order valence-corrected chi connectivity index (χ4v) is 2.93. The molecule has 0 saturated heterocycles. The van der Waals surface area contributed by atoms with E-state index in [1.165, 1.54) is 18.3 Å². The molecule has 0 fully saturated rings. The lowest BCUT2D eigenvalue weighted by atomic mass is 10.1. The summed E-state index contributed by atoms with van der Waals surface area (Å²) < 4.78 is 26.1. The van der Waals surface area contributed by atoms with Crippen LogP contribution in [0.5, 0.6) is 0 Å². The zero-order chi connectivity index (χ0) is 15.6. The molecule has 0 spiro atoms. The van der Waals surface area contributed by atoms with E-state index in [9.17, 15) is 13.2 Å². The molecule has 1 heterocycles. The molecule has 21 heavy (non-hydrogen) atoms. The van der Waals surface area contributed by atoms with Gasteiger partial charge in [-0.1, -0.05) is 11.6 Å². The van der Waals surface area contributed by atoms with Crippen molar-refractivity contribution in [2.75, 3.05) is 0 Å². The van der Waals surface area contributed by atoms with Gasteiger partial charge >= 0.3 is 0 Å². The number of amides is 1. The van der Waals surface area contributed by atoms with E-state index >= 15 is 0 Å². The minimum Gasteiger partial charge on any atom is -0.268 e. The summed E-state index contributed by atoms with van der Waals surface area (Å²) in [7, 11) is -3.97. The van der Waals surface area contributed by atoms with E-state index in [1.54, 1.807) is 12.1 Å². The number of benzene rings is 1. The number of rotatable bonds is 3. The van der Waals surface area contributed by atoms with E-state index in [-0.39, 0.29) is 15.5 Å². The molecule has 5 nitrogen and oxygen atoms in total.